The molecule has 0 aromatic carbocycles. The van der Waals surface area contributed by atoms with Gasteiger partial charge in [-0.15, -0.1) is 0 Å². The van der Waals surface area contributed by atoms with Gasteiger partial charge in [0, 0.05) is 12.7 Å². The van der Waals surface area contributed by atoms with Gasteiger partial charge in [0.2, 0.25) is 0 Å². The third-order valence-electron chi connectivity index (χ3n) is 1.87. The number of carbonyl (C=O) groups is 1. The van der Waals surface area contributed by atoms with E-state index in [0.717, 1.165) is 5.69 Å². The molecule has 0 aliphatic carbocycles. The van der Waals surface area contributed by atoms with Gasteiger partial charge in [-0.3, -0.25) is 15.1 Å². The number of rotatable bonds is 4. The van der Waals surface area contributed by atoms with Crippen LogP contribution < -0.4 is 5.32 Å². The van der Waals surface area contributed by atoms with E-state index in [2.05, 4.69) is 15.0 Å². The van der Waals surface area contributed by atoms with Crippen molar-refractivity contribution in [3.05, 3.63) is 30.1 Å². The van der Waals surface area contributed by atoms with Crippen LogP contribution in [0.4, 0.5) is 0 Å². The van der Waals surface area contributed by atoms with Crippen molar-refractivity contribution in [3.63, 3.8) is 0 Å². The number of hydrogen-bond acceptors (Lipinski definition) is 4. The molecule has 4 nitrogen and oxygen atoms in total. The number of aromatic nitrogens is 1. The van der Waals surface area contributed by atoms with E-state index in [9.17, 15) is 4.79 Å². The Bertz CT molecular complexity index is 287. The average molecular weight is 194 g/mol. The average Bonchev–Trinajstić information content (AvgIpc) is 2.26. The van der Waals surface area contributed by atoms with Crippen LogP contribution in [-0.4, -0.2) is 24.1 Å². The third kappa shape index (κ3) is 3.14. The van der Waals surface area contributed by atoms with Crippen LogP contribution in [0.25, 0.3) is 0 Å². The molecule has 0 saturated carbocycles. The van der Waals surface area contributed by atoms with E-state index in [1.807, 2.05) is 18.2 Å². The van der Waals surface area contributed by atoms with E-state index in [-0.39, 0.29) is 12.0 Å². The van der Waals surface area contributed by atoms with E-state index in [4.69, 9.17) is 0 Å². The lowest BCUT2D eigenvalue weighted by atomic mass is 10.3. The highest BCUT2D eigenvalue weighted by Crippen LogP contribution is 1.94. The SMILES string of the molecule is COC(=O)C(C)NCc1ccccn1. The Morgan fingerprint density at radius 1 is 1.64 bits per heavy atom. The molecular weight excluding hydrogens is 180 g/mol. The normalized spacial score (nSPS) is 12.1. The van der Waals surface area contributed by atoms with Crippen molar-refractivity contribution in [2.45, 2.75) is 19.5 Å². The molecule has 4 heteroatoms. The molecule has 0 amide bonds. The second-order valence-electron chi connectivity index (χ2n) is 2.95. The summed E-state index contributed by atoms with van der Waals surface area (Å²) in [4.78, 5) is 15.1. The molecule has 0 radical (unpaired) electrons. The Balaban J connectivity index is 2.38. The van der Waals surface area contributed by atoms with E-state index in [0.29, 0.717) is 6.54 Å². The van der Waals surface area contributed by atoms with Crippen molar-refractivity contribution < 1.29 is 9.53 Å². The molecule has 1 unspecified atom stereocenters. The first-order valence-corrected chi connectivity index (χ1v) is 4.45. The zero-order valence-electron chi connectivity index (χ0n) is 8.36. The van der Waals surface area contributed by atoms with Gasteiger partial charge >= 0.3 is 5.97 Å². The number of methoxy groups -OCH3 is 1. The maximum absolute atomic E-state index is 11.0. The van der Waals surface area contributed by atoms with Crippen LogP contribution in [0.3, 0.4) is 0 Å². The smallest absolute Gasteiger partial charge is 0.322 e. The Morgan fingerprint density at radius 2 is 2.43 bits per heavy atom. The molecule has 76 valence electrons. The maximum Gasteiger partial charge on any atom is 0.322 e. The minimum Gasteiger partial charge on any atom is -0.468 e. The summed E-state index contributed by atoms with van der Waals surface area (Å²) in [6.45, 7) is 2.33. The molecule has 1 N–H and O–H groups in total. The first kappa shape index (κ1) is 10.7. The summed E-state index contributed by atoms with van der Waals surface area (Å²) < 4.78 is 4.58. The van der Waals surface area contributed by atoms with Crippen molar-refractivity contribution in [2.75, 3.05) is 7.11 Å². The topological polar surface area (TPSA) is 51.2 Å². The van der Waals surface area contributed by atoms with Gasteiger partial charge in [0.1, 0.15) is 6.04 Å². The molecule has 1 aromatic heterocycles. The molecule has 0 aliphatic rings. The van der Waals surface area contributed by atoms with E-state index < -0.39 is 0 Å². The number of nitrogens with zero attached hydrogens (tertiary/aromatic N) is 1. The predicted octanol–water partition coefficient (Wildman–Crippen LogP) is 0.733. The van der Waals surface area contributed by atoms with Gasteiger partial charge in [0.15, 0.2) is 0 Å². The van der Waals surface area contributed by atoms with Gasteiger partial charge < -0.3 is 4.74 Å². The van der Waals surface area contributed by atoms with Crippen LogP contribution in [0.2, 0.25) is 0 Å². The second-order valence-corrected chi connectivity index (χ2v) is 2.95. The van der Waals surface area contributed by atoms with Crippen molar-refractivity contribution in [1.82, 2.24) is 10.3 Å². The fraction of sp³-hybridized carbons (Fsp3) is 0.400. The maximum atomic E-state index is 11.0. The van der Waals surface area contributed by atoms with E-state index in [1.54, 1.807) is 13.1 Å². The van der Waals surface area contributed by atoms with Crippen molar-refractivity contribution in [3.8, 4) is 0 Å². The number of ether oxygens (including phenoxy) is 1. The van der Waals surface area contributed by atoms with Gasteiger partial charge in [0.25, 0.3) is 0 Å². The van der Waals surface area contributed by atoms with E-state index >= 15 is 0 Å². The largest absolute Gasteiger partial charge is 0.468 e. The summed E-state index contributed by atoms with van der Waals surface area (Å²) in [6, 6.07) is 5.36. The minimum absolute atomic E-state index is 0.263. The second kappa shape index (κ2) is 5.34. The molecule has 1 aromatic rings. The van der Waals surface area contributed by atoms with Crippen LogP contribution in [0.15, 0.2) is 24.4 Å². The molecule has 14 heavy (non-hydrogen) atoms. The third-order valence-corrected chi connectivity index (χ3v) is 1.87. The Kier molecular flexibility index (Phi) is 4.07. The van der Waals surface area contributed by atoms with E-state index in [1.165, 1.54) is 7.11 Å². The molecule has 0 spiro atoms. The monoisotopic (exact) mass is 194 g/mol. The zero-order valence-corrected chi connectivity index (χ0v) is 8.36. The van der Waals surface area contributed by atoms with Gasteiger partial charge in [-0.25, -0.2) is 0 Å². The summed E-state index contributed by atoms with van der Waals surface area (Å²) in [5.41, 5.74) is 0.906. The molecule has 0 bridgehead atoms. The predicted molar refractivity (Wildman–Crippen MR) is 52.6 cm³/mol. The Labute approximate surface area is 83.3 Å². The fourth-order valence-corrected chi connectivity index (χ4v) is 1.02. The van der Waals surface area contributed by atoms with Gasteiger partial charge in [-0.05, 0) is 19.1 Å². The highest BCUT2D eigenvalue weighted by atomic mass is 16.5. The molecule has 0 aliphatic heterocycles. The lowest BCUT2D eigenvalue weighted by Crippen LogP contribution is -2.34. The lowest BCUT2D eigenvalue weighted by Gasteiger charge is -2.10. The first-order valence-electron chi connectivity index (χ1n) is 4.45. The first-order chi connectivity index (χ1) is 6.74. The fourth-order valence-electron chi connectivity index (χ4n) is 1.02. The van der Waals surface area contributed by atoms with Gasteiger partial charge in [0.05, 0.1) is 12.8 Å². The Hall–Kier alpha value is -1.42. The molecule has 1 atom stereocenters. The van der Waals surface area contributed by atoms with Gasteiger partial charge in [-0.1, -0.05) is 6.07 Å². The number of esters is 1. The van der Waals surface area contributed by atoms with Gasteiger partial charge in [-0.2, -0.15) is 0 Å². The number of hydrogen-bond donors (Lipinski definition) is 1. The molecule has 0 saturated heterocycles. The molecule has 1 heterocycles. The zero-order chi connectivity index (χ0) is 10.4. The van der Waals surface area contributed by atoms with Crippen LogP contribution in [0.5, 0.6) is 0 Å². The standard InChI is InChI=1S/C10H14N2O2/c1-8(10(13)14-2)12-7-9-5-3-4-6-11-9/h3-6,8,12H,7H2,1-2H3. The molecule has 1 rings (SSSR count). The number of pyridine rings is 1. The van der Waals surface area contributed by atoms with Crippen LogP contribution in [-0.2, 0) is 16.1 Å². The summed E-state index contributed by atoms with van der Waals surface area (Å²) in [6.07, 6.45) is 1.72. The summed E-state index contributed by atoms with van der Waals surface area (Å²) >= 11 is 0. The highest BCUT2D eigenvalue weighted by Gasteiger charge is 2.11. The number of carbonyl (C=O) groups excluding carboxylic acids is 1. The number of nitrogens with one attached hydrogen (secondary N) is 1. The summed E-state index contributed by atoms with van der Waals surface area (Å²) in [5.74, 6) is -0.263. The molecule has 0 fully saturated rings. The lowest BCUT2D eigenvalue weighted by molar-refractivity contribution is -0.142. The summed E-state index contributed by atoms with van der Waals surface area (Å²) in [5, 5.41) is 3.01. The highest BCUT2D eigenvalue weighted by molar-refractivity contribution is 5.74. The van der Waals surface area contributed by atoms with Crippen LogP contribution in [0, 0.1) is 0 Å². The van der Waals surface area contributed by atoms with Crippen LogP contribution >= 0.6 is 0 Å². The van der Waals surface area contributed by atoms with Crippen LogP contribution in [0.1, 0.15) is 12.6 Å². The van der Waals surface area contributed by atoms with Crippen molar-refractivity contribution in [1.29, 1.82) is 0 Å². The summed E-state index contributed by atoms with van der Waals surface area (Å²) in [7, 11) is 1.38. The van der Waals surface area contributed by atoms with Crippen molar-refractivity contribution in [2.24, 2.45) is 0 Å². The molecular formula is C10H14N2O2. The minimum atomic E-state index is -0.304. The quantitative estimate of drug-likeness (QED) is 0.718. The Morgan fingerprint density at radius 3 is 3.00 bits per heavy atom. The van der Waals surface area contributed by atoms with Crippen molar-refractivity contribution >= 4 is 5.97 Å².